The quantitative estimate of drug-likeness (QED) is 0.856. The lowest BCUT2D eigenvalue weighted by atomic mass is 10.2. The van der Waals surface area contributed by atoms with Crippen molar-refractivity contribution in [3.05, 3.63) is 47.6 Å². The highest BCUT2D eigenvalue weighted by Gasteiger charge is 2.00. The van der Waals surface area contributed by atoms with Crippen LogP contribution in [0.5, 0.6) is 0 Å². The number of para-hydroxylation sites is 1. The average Bonchev–Trinajstić information content (AvgIpc) is 2.25. The van der Waals surface area contributed by atoms with Crippen LogP contribution in [0.15, 0.2) is 47.6 Å². The number of anilines is 1. The van der Waals surface area contributed by atoms with Gasteiger partial charge in [-0.25, -0.2) is 0 Å². The first-order valence-electron chi connectivity index (χ1n) is 4.70. The van der Waals surface area contributed by atoms with Crippen molar-refractivity contribution < 1.29 is 0 Å². The second-order valence-electron chi connectivity index (χ2n) is 3.20. The van der Waals surface area contributed by atoms with Crippen LogP contribution >= 0.6 is 15.9 Å². The summed E-state index contributed by atoms with van der Waals surface area (Å²) in [6.07, 6.45) is 3.64. The maximum absolute atomic E-state index is 4.39. The molecule has 1 heterocycles. The van der Waals surface area contributed by atoms with E-state index in [4.69, 9.17) is 0 Å². The van der Waals surface area contributed by atoms with Gasteiger partial charge in [0.25, 0.3) is 0 Å². The first-order valence-corrected chi connectivity index (χ1v) is 5.49. The molecule has 2 rings (SSSR count). The summed E-state index contributed by atoms with van der Waals surface area (Å²) in [5, 5.41) is 4.38. The van der Waals surface area contributed by atoms with Crippen LogP contribution in [0.1, 0.15) is 0 Å². The van der Waals surface area contributed by atoms with E-state index in [1.807, 2.05) is 24.3 Å². The van der Waals surface area contributed by atoms with E-state index >= 15 is 0 Å². The number of aromatic nitrogens is 1. The standard InChI is InChI=1S/C12H11BrN2/c1-2-6-14-11-5-3-4-9-7-10(13)8-15-12(9)11/h2-5,7-8,14H,1,6H2. The smallest absolute Gasteiger partial charge is 0.0934 e. The molecule has 0 aliphatic rings. The molecule has 1 aromatic carbocycles. The van der Waals surface area contributed by atoms with E-state index in [0.29, 0.717) is 0 Å². The number of fused-ring (bicyclic) bond motifs is 1. The van der Waals surface area contributed by atoms with Gasteiger partial charge in [-0.1, -0.05) is 18.2 Å². The molecule has 15 heavy (non-hydrogen) atoms. The lowest BCUT2D eigenvalue weighted by Crippen LogP contribution is -1.98. The minimum atomic E-state index is 0.747. The van der Waals surface area contributed by atoms with Crippen molar-refractivity contribution in [3.8, 4) is 0 Å². The number of halogens is 1. The van der Waals surface area contributed by atoms with E-state index in [0.717, 1.165) is 27.6 Å². The summed E-state index contributed by atoms with van der Waals surface area (Å²) in [7, 11) is 0. The molecular weight excluding hydrogens is 252 g/mol. The van der Waals surface area contributed by atoms with Gasteiger partial charge >= 0.3 is 0 Å². The largest absolute Gasteiger partial charge is 0.380 e. The average molecular weight is 263 g/mol. The van der Waals surface area contributed by atoms with Crippen LogP contribution in [0.3, 0.4) is 0 Å². The third-order valence-corrected chi connectivity index (χ3v) is 2.55. The number of nitrogens with one attached hydrogen (secondary N) is 1. The lowest BCUT2D eigenvalue weighted by Gasteiger charge is -2.06. The number of rotatable bonds is 3. The summed E-state index contributed by atoms with van der Waals surface area (Å²) < 4.78 is 0.996. The van der Waals surface area contributed by atoms with Crippen LogP contribution in [-0.4, -0.2) is 11.5 Å². The van der Waals surface area contributed by atoms with Gasteiger partial charge in [-0.15, -0.1) is 6.58 Å². The Bertz CT molecular complexity index is 494. The Morgan fingerprint density at radius 2 is 2.33 bits per heavy atom. The summed E-state index contributed by atoms with van der Waals surface area (Å²) in [5.41, 5.74) is 2.03. The highest BCUT2D eigenvalue weighted by Crippen LogP contribution is 2.23. The van der Waals surface area contributed by atoms with Crippen molar-refractivity contribution in [2.24, 2.45) is 0 Å². The Labute approximate surface area is 97.2 Å². The van der Waals surface area contributed by atoms with E-state index < -0.39 is 0 Å². The zero-order valence-corrected chi connectivity index (χ0v) is 9.79. The first kappa shape index (κ1) is 10.2. The zero-order valence-electron chi connectivity index (χ0n) is 8.20. The normalized spacial score (nSPS) is 10.2. The zero-order chi connectivity index (χ0) is 10.7. The summed E-state index contributed by atoms with van der Waals surface area (Å²) >= 11 is 3.41. The summed E-state index contributed by atoms with van der Waals surface area (Å²) in [5.74, 6) is 0. The third-order valence-electron chi connectivity index (χ3n) is 2.11. The molecule has 1 N–H and O–H groups in total. The van der Waals surface area contributed by atoms with E-state index in [9.17, 15) is 0 Å². The van der Waals surface area contributed by atoms with E-state index in [2.05, 4.69) is 38.9 Å². The van der Waals surface area contributed by atoms with Crippen LogP contribution in [-0.2, 0) is 0 Å². The van der Waals surface area contributed by atoms with E-state index in [1.54, 1.807) is 6.20 Å². The number of benzene rings is 1. The van der Waals surface area contributed by atoms with Gasteiger partial charge in [-0.3, -0.25) is 4.98 Å². The molecule has 76 valence electrons. The van der Waals surface area contributed by atoms with Crippen molar-refractivity contribution in [2.45, 2.75) is 0 Å². The van der Waals surface area contributed by atoms with Crippen LogP contribution in [0.25, 0.3) is 10.9 Å². The highest BCUT2D eigenvalue weighted by atomic mass is 79.9. The second kappa shape index (κ2) is 4.45. The fourth-order valence-electron chi connectivity index (χ4n) is 1.46. The van der Waals surface area contributed by atoms with Gasteiger partial charge in [-0.2, -0.15) is 0 Å². The Hall–Kier alpha value is -1.35. The van der Waals surface area contributed by atoms with Crippen LogP contribution in [0.2, 0.25) is 0 Å². The van der Waals surface area contributed by atoms with Crippen LogP contribution in [0, 0.1) is 0 Å². The molecular formula is C12H11BrN2. The van der Waals surface area contributed by atoms with Crippen molar-refractivity contribution in [2.75, 3.05) is 11.9 Å². The molecule has 2 aromatic rings. The number of nitrogens with zero attached hydrogens (tertiary/aromatic N) is 1. The van der Waals surface area contributed by atoms with Crippen molar-refractivity contribution in [1.29, 1.82) is 0 Å². The maximum Gasteiger partial charge on any atom is 0.0934 e. The van der Waals surface area contributed by atoms with Gasteiger partial charge in [0.1, 0.15) is 0 Å². The molecule has 0 amide bonds. The Morgan fingerprint density at radius 1 is 1.47 bits per heavy atom. The van der Waals surface area contributed by atoms with E-state index in [1.165, 1.54) is 0 Å². The predicted octanol–water partition coefficient (Wildman–Crippen LogP) is 3.60. The van der Waals surface area contributed by atoms with Gasteiger partial charge in [0.15, 0.2) is 0 Å². The minimum Gasteiger partial charge on any atom is -0.380 e. The number of pyridine rings is 1. The summed E-state index contributed by atoms with van der Waals surface area (Å²) in [6.45, 7) is 4.43. The molecule has 0 unspecified atom stereocenters. The number of hydrogen-bond acceptors (Lipinski definition) is 2. The van der Waals surface area contributed by atoms with Crippen molar-refractivity contribution in [1.82, 2.24) is 4.98 Å². The Balaban J connectivity index is 2.50. The van der Waals surface area contributed by atoms with Gasteiger partial charge in [0.05, 0.1) is 11.2 Å². The van der Waals surface area contributed by atoms with Gasteiger partial charge < -0.3 is 5.32 Å². The Kier molecular flexibility index (Phi) is 3.02. The maximum atomic E-state index is 4.39. The molecule has 0 spiro atoms. The molecule has 0 saturated carbocycles. The fourth-order valence-corrected chi connectivity index (χ4v) is 1.81. The molecule has 1 aromatic heterocycles. The molecule has 0 atom stereocenters. The summed E-state index contributed by atoms with van der Waals surface area (Å²) in [4.78, 5) is 4.39. The molecule has 0 aliphatic heterocycles. The molecule has 0 radical (unpaired) electrons. The van der Waals surface area contributed by atoms with Crippen LogP contribution < -0.4 is 5.32 Å². The topological polar surface area (TPSA) is 24.9 Å². The fraction of sp³-hybridized carbons (Fsp3) is 0.0833. The molecule has 0 fully saturated rings. The monoisotopic (exact) mass is 262 g/mol. The van der Waals surface area contributed by atoms with Crippen molar-refractivity contribution >= 4 is 32.5 Å². The summed E-state index contributed by atoms with van der Waals surface area (Å²) in [6, 6.07) is 8.14. The first-order chi connectivity index (χ1) is 7.31. The third kappa shape index (κ3) is 2.18. The minimum absolute atomic E-state index is 0.747. The molecule has 3 heteroatoms. The van der Waals surface area contributed by atoms with Gasteiger partial charge in [-0.05, 0) is 28.1 Å². The predicted molar refractivity (Wildman–Crippen MR) is 68.1 cm³/mol. The molecule has 0 aliphatic carbocycles. The van der Waals surface area contributed by atoms with E-state index in [-0.39, 0.29) is 0 Å². The van der Waals surface area contributed by atoms with Crippen molar-refractivity contribution in [3.63, 3.8) is 0 Å². The SMILES string of the molecule is C=CCNc1cccc2cc(Br)cnc12. The molecule has 0 saturated heterocycles. The molecule has 0 bridgehead atoms. The van der Waals surface area contributed by atoms with Gasteiger partial charge in [0.2, 0.25) is 0 Å². The molecule has 2 nitrogen and oxygen atoms in total. The second-order valence-corrected chi connectivity index (χ2v) is 4.12. The lowest BCUT2D eigenvalue weighted by molar-refractivity contribution is 1.32. The number of hydrogen-bond donors (Lipinski definition) is 1. The highest BCUT2D eigenvalue weighted by molar-refractivity contribution is 9.10. The van der Waals surface area contributed by atoms with Crippen LogP contribution in [0.4, 0.5) is 5.69 Å². The van der Waals surface area contributed by atoms with Gasteiger partial charge in [0, 0.05) is 22.6 Å². The Morgan fingerprint density at radius 3 is 3.13 bits per heavy atom.